The first-order valence-corrected chi connectivity index (χ1v) is 6.36. The summed E-state index contributed by atoms with van der Waals surface area (Å²) in [6.07, 6.45) is 5.48. The van der Waals surface area contributed by atoms with Crippen molar-refractivity contribution in [2.75, 3.05) is 0 Å². The largest absolute Gasteiger partial charge is 0.392 e. The third kappa shape index (κ3) is 1.76. The van der Waals surface area contributed by atoms with Gasteiger partial charge in [0.25, 0.3) is 0 Å². The molecule has 0 bridgehead atoms. The van der Waals surface area contributed by atoms with Crippen molar-refractivity contribution in [3.8, 4) is 0 Å². The lowest BCUT2D eigenvalue weighted by Gasteiger charge is -2.22. The van der Waals surface area contributed by atoms with Crippen molar-refractivity contribution < 1.29 is 5.11 Å². The number of benzene rings is 1. The highest BCUT2D eigenvalue weighted by Gasteiger charge is 2.30. The Morgan fingerprint density at radius 1 is 1.12 bits per heavy atom. The Balaban J connectivity index is 1.73. The summed E-state index contributed by atoms with van der Waals surface area (Å²) < 4.78 is 0. The van der Waals surface area contributed by atoms with E-state index in [0.717, 1.165) is 19.3 Å². The average Bonchev–Trinajstić information content (AvgIpc) is 2.88. The molecular formula is C14H19NO. The fourth-order valence-corrected chi connectivity index (χ4v) is 3.12. The van der Waals surface area contributed by atoms with E-state index in [1.165, 1.54) is 24.0 Å². The lowest BCUT2D eigenvalue weighted by atomic mass is 10.1. The average molecular weight is 217 g/mol. The molecule has 2 aliphatic carbocycles. The summed E-state index contributed by atoms with van der Waals surface area (Å²) in [6.45, 7) is 0. The van der Waals surface area contributed by atoms with Crippen molar-refractivity contribution in [3.05, 3.63) is 35.4 Å². The number of fused-ring (bicyclic) bond motifs is 1. The summed E-state index contributed by atoms with van der Waals surface area (Å²) in [7, 11) is 0. The fraction of sp³-hybridized carbons (Fsp3) is 0.571. The van der Waals surface area contributed by atoms with E-state index in [0.29, 0.717) is 12.1 Å². The molecule has 0 amide bonds. The molecule has 2 nitrogen and oxygen atoms in total. The van der Waals surface area contributed by atoms with Crippen molar-refractivity contribution in [2.45, 2.75) is 50.3 Å². The third-order valence-corrected chi connectivity index (χ3v) is 4.03. The van der Waals surface area contributed by atoms with Crippen molar-refractivity contribution in [1.29, 1.82) is 0 Å². The maximum Gasteiger partial charge on any atom is 0.0693 e. The molecule has 1 aromatic rings. The highest BCUT2D eigenvalue weighted by Crippen LogP contribution is 2.32. The highest BCUT2D eigenvalue weighted by atomic mass is 16.3. The van der Waals surface area contributed by atoms with Gasteiger partial charge < -0.3 is 10.4 Å². The second kappa shape index (κ2) is 4.19. The molecule has 0 aliphatic heterocycles. The van der Waals surface area contributed by atoms with Gasteiger partial charge in [0.1, 0.15) is 0 Å². The Morgan fingerprint density at radius 3 is 2.81 bits per heavy atom. The maximum atomic E-state index is 9.83. The SMILES string of the molecule is O[C@H]1CCC[C@@H]1NC1CCc2ccccc21. The molecule has 2 N–H and O–H groups in total. The van der Waals surface area contributed by atoms with Crippen molar-refractivity contribution in [2.24, 2.45) is 0 Å². The number of hydrogen-bond donors (Lipinski definition) is 2. The number of aliphatic hydroxyl groups is 1. The van der Waals surface area contributed by atoms with Crippen LogP contribution < -0.4 is 5.32 Å². The minimum Gasteiger partial charge on any atom is -0.392 e. The lowest BCUT2D eigenvalue weighted by molar-refractivity contribution is 0.143. The number of aliphatic hydroxyl groups excluding tert-OH is 1. The van der Waals surface area contributed by atoms with Crippen LogP contribution in [0.15, 0.2) is 24.3 Å². The molecule has 3 atom stereocenters. The van der Waals surface area contributed by atoms with E-state index in [1.54, 1.807) is 0 Å². The highest BCUT2D eigenvalue weighted by molar-refractivity contribution is 5.34. The summed E-state index contributed by atoms with van der Waals surface area (Å²) in [6, 6.07) is 9.46. The van der Waals surface area contributed by atoms with Gasteiger partial charge in [-0.3, -0.25) is 0 Å². The van der Waals surface area contributed by atoms with Crippen LogP contribution in [-0.4, -0.2) is 17.3 Å². The van der Waals surface area contributed by atoms with Gasteiger partial charge in [0.15, 0.2) is 0 Å². The lowest BCUT2D eigenvalue weighted by Crippen LogP contribution is -2.37. The van der Waals surface area contributed by atoms with Gasteiger partial charge in [-0.25, -0.2) is 0 Å². The Kier molecular flexibility index (Phi) is 2.70. The van der Waals surface area contributed by atoms with Crippen LogP contribution in [0.3, 0.4) is 0 Å². The minimum absolute atomic E-state index is 0.132. The smallest absolute Gasteiger partial charge is 0.0693 e. The molecule has 3 rings (SSSR count). The standard InChI is InChI=1S/C14H19NO/c16-14-7-3-6-13(14)15-12-9-8-10-4-1-2-5-11(10)12/h1-2,4-5,12-16H,3,6-9H2/t12?,13-,14-/m0/s1. The second-order valence-corrected chi connectivity index (χ2v) is 5.06. The van der Waals surface area contributed by atoms with E-state index in [2.05, 4.69) is 29.6 Å². The first kappa shape index (κ1) is 10.3. The molecule has 1 unspecified atom stereocenters. The molecular weight excluding hydrogens is 198 g/mol. The molecule has 0 spiro atoms. The van der Waals surface area contributed by atoms with Gasteiger partial charge in [-0.15, -0.1) is 0 Å². The molecule has 0 aromatic heterocycles. The zero-order valence-corrected chi connectivity index (χ0v) is 9.52. The Labute approximate surface area is 96.7 Å². The quantitative estimate of drug-likeness (QED) is 0.795. The Morgan fingerprint density at radius 2 is 2.00 bits per heavy atom. The van der Waals surface area contributed by atoms with Gasteiger partial charge in [-0.05, 0) is 43.2 Å². The van der Waals surface area contributed by atoms with Crippen molar-refractivity contribution in [3.63, 3.8) is 0 Å². The zero-order chi connectivity index (χ0) is 11.0. The number of rotatable bonds is 2. The summed E-state index contributed by atoms with van der Waals surface area (Å²) in [5, 5.41) is 13.5. The van der Waals surface area contributed by atoms with Gasteiger partial charge in [-0.1, -0.05) is 24.3 Å². The predicted octanol–water partition coefficient (Wildman–Crippen LogP) is 2.18. The first-order chi connectivity index (χ1) is 7.84. The normalized spacial score (nSPS) is 32.9. The Bertz CT molecular complexity index is 377. The van der Waals surface area contributed by atoms with Gasteiger partial charge in [0, 0.05) is 12.1 Å². The third-order valence-electron chi connectivity index (χ3n) is 4.03. The topological polar surface area (TPSA) is 32.3 Å². The van der Waals surface area contributed by atoms with E-state index in [-0.39, 0.29) is 6.10 Å². The summed E-state index contributed by atoms with van der Waals surface area (Å²) in [4.78, 5) is 0. The van der Waals surface area contributed by atoms with E-state index in [4.69, 9.17) is 0 Å². The van der Waals surface area contributed by atoms with Gasteiger partial charge in [0.2, 0.25) is 0 Å². The van der Waals surface area contributed by atoms with Crippen LogP contribution in [0.4, 0.5) is 0 Å². The zero-order valence-electron chi connectivity index (χ0n) is 9.52. The van der Waals surface area contributed by atoms with Crippen LogP contribution in [0.5, 0.6) is 0 Å². The minimum atomic E-state index is -0.132. The van der Waals surface area contributed by atoms with Crippen LogP contribution >= 0.6 is 0 Å². The van der Waals surface area contributed by atoms with Gasteiger partial charge in [0.05, 0.1) is 6.10 Å². The van der Waals surface area contributed by atoms with E-state index in [9.17, 15) is 5.11 Å². The van der Waals surface area contributed by atoms with Crippen LogP contribution in [0.25, 0.3) is 0 Å². The summed E-state index contributed by atoms with van der Waals surface area (Å²) in [5.74, 6) is 0. The molecule has 86 valence electrons. The maximum absolute atomic E-state index is 9.83. The fourth-order valence-electron chi connectivity index (χ4n) is 3.12. The van der Waals surface area contributed by atoms with Gasteiger partial charge >= 0.3 is 0 Å². The molecule has 2 aliphatic rings. The van der Waals surface area contributed by atoms with Crippen molar-refractivity contribution in [1.82, 2.24) is 5.32 Å². The molecule has 0 radical (unpaired) electrons. The molecule has 2 heteroatoms. The number of nitrogens with one attached hydrogen (secondary N) is 1. The molecule has 16 heavy (non-hydrogen) atoms. The molecule has 1 saturated carbocycles. The van der Waals surface area contributed by atoms with Crippen LogP contribution in [0.1, 0.15) is 42.9 Å². The number of aryl methyl sites for hydroxylation is 1. The first-order valence-electron chi connectivity index (χ1n) is 6.36. The Hall–Kier alpha value is -0.860. The van der Waals surface area contributed by atoms with Crippen LogP contribution in [0, 0.1) is 0 Å². The van der Waals surface area contributed by atoms with Gasteiger partial charge in [-0.2, -0.15) is 0 Å². The molecule has 0 heterocycles. The van der Waals surface area contributed by atoms with E-state index >= 15 is 0 Å². The number of hydrogen-bond acceptors (Lipinski definition) is 2. The van der Waals surface area contributed by atoms with E-state index in [1.807, 2.05) is 0 Å². The second-order valence-electron chi connectivity index (χ2n) is 5.06. The van der Waals surface area contributed by atoms with Crippen LogP contribution in [-0.2, 0) is 6.42 Å². The molecule has 1 aromatic carbocycles. The monoisotopic (exact) mass is 217 g/mol. The van der Waals surface area contributed by atoms with Crippen LogP contribution in [0.2, 0.25) is 0 Å². The van der Waals surface area contributed by atoms with E-state index < -0.39 is 0 Å². The summed E-state index contributed by atoms with van der Waals surface area (Å²) >= 11 is 0. The predicted molar refractivity (Wildman–Crippen MR) is 64.3 cm³/mol. The van der Waals surface area contributed by atoms with Crippen molar-refractivity contribution >= 4 is 0 Å². The molecule has 0 saturated heterocycles. The summed E-state index contributed by atoms with van der Waals surface area (Å²) in [5.41, 5.74) is 2.93. The molecule has 1 fully saturated rings.